The maximum Gasteiger partial charge on any atom is 0.336 e. The molecular weight excluding hydrogens is 452 g/mol. The lowest BCUT2D eigenvalue weighted by molar-refractivity contribution is -0.140. The molecule has 3 fully saturated rings. The van der Waals surface area contributed by atoms with Gasteiger partial charge in [-0.1, -0.05) is 0 Å². The van der Waals surface area contributed by atoms with Crippen LogP contribution in [0.15, 0.2) is 23.7 Å². The standard InChI is InChI=1S/C23H28N8O4/c1-13-7-17(25-26-20(13)31-12-24-27-28-31)19(32)10-30-15-3-4-16(30)9-23(8-15)5-6-29(22(23)34)18-11-35-21(33)14(18)2/h7,12,15-16,19,32H,3-6,8-11H2,1-2H3/t15-,16-,19-/m1/s1. The third-order valence-electron chi connectivity index (χ3n) is 8.21. The molecule has 4 aliphatic rings. The first-order valence-corrected chi connectivity index (χ1v) is 12.1. The number of fused-ring (bicyclic) bond motifs is 2. The Hall–Kier alpha value is -3.25. The summed E-state index contributed by atoms with van der Waals surface area (Å²) in [6.07, 6.45) is 5.04. The Morgan fingerprint density at radius 3 is 2.60 bits per heavy atom. The number of hydrogen-bond donors (Lipinski definition) is 1. The van der Waals surface area contributed by atoms with Crippen molar-refractivity contribution in [2.24, 2.45) is 5.41 Å². The number of likely N-dealkylation sites (tertiary alicyclic amines) is 1. The zero-order valence-corrected chi connectivity index (χ0v) is 19.8. The van der Waals surface area contributed by atoms with Crippen LogP contribution in [-0.4, -0.2) is 89.0 Å². The van der Waals surface area contributed by atoms with E-state index < -0.39 is 11.5 Å². The summed E-state index contributed by atoms with van der Waals surface area (Å²) < 4.78 is 6.58. The number of nitrogens with zero attached hydrogens (tertiary/aromatic N) is 8. The molecule has 0 aromatic carbocycles. The Balaban J connectivity index is 1.16. The van der Waals surface area contributed by atoms with E-state index in [0.717, 1.165) is 43.4 Å². The topological polar surface area (TPSA) is 139 Å². The zero-order chi connectivity index (χ0) is 24.3. The van der Waals surface area contributed by atoms with Crippen LogP contribution in [0.5, 0.6) is 0 Å². The highest BCUT2D eigenvalue weighted by atomic mass is 16.5. The number of esters is 1. The molecule has 12 heteroatoms. The molecule has 3 atom stereocenters. The zero-order valence-electron chi connectivity index (χ0n) is 19.8. The second-order valence-corrected chi connectivity index (χ2v) is 10.2. The van der Waals surface area contributed by atoms with E-state index in [4.69, 9.17) is 4.74 Å². The van der Waals surface area contributed by atoms with Crippen LogP contribution >= 0.6 is 0 Å². The van der Waals surface area contributed by atoms with Crippen molar-refractivity contribution < 1.29 is 19.4 Å². The largest absolute Gasteiger partial charge is 0.456 e. The van der Waals surface area contributed by atoms with Crippen LogP contribution in [0.3, 0.4) is 0 Å². The van der Waals surface area contributed by atoms with Crippen LogP contribution in [0.1, 0.15) is 56.4 Å². The second-order valence-electron chi connectivity index (χ2n) is 10.2. The van der Waals surface area contributed by atoms with Gasteiger partial charge < -0.3 is 14.7 Å². The van der Waals surface area contributed by atoms with Gasteiger partial charge in [-0.3, -0.25) is 9.69 Å². The van der Waals surface area contributed by atoms with Crippen molar-refractivity contribution in [1.29, 1.82) is 0 Å². The lowest BCUT2D eigenvalue weighted by atomic mass is 9.73. The monoisotopic (exact) mass is 480 g/mol. The van der Waals surface area contributed by atoms with Crippen molar-refractivity contribution in [1.82, 2.24) is 40.2 Å². The quantitative estimate of drug-likeness (QED) is 0.601. The molecule has 0 unspecified atom stereocenters. The van der Waals surface area contributed by atoms with E-state index in [-0.39, 0.29) is 30.6 Å². The van der Waals surface area contributed by atoms with Crippen molar-refractivity contribution in [3.8, 4) is 5.82 Å². The number of aromatic nitrogens is 6. The summed E-state index contributed by atoms with van der Waals surface area (Å²) in [5.74, 6) is 0.318. The second kappa shape index (κ2) is 8.16. The fraction of sp³-hybridized carbons (Fsp3) is 0.609. The van der Waals surface area contributed by atoms with Crippen molar-refractivity contribution in [3.63, 3.8) is 0 Å². The summed E-state index contributed by atoms with van der Waals surface area (Å²) in [6, 6.07) is 2.29. The average molecular weight is 481 g/mol. The van der Waals surface area contributed by atoms with Crippen LogP contribution < -0.4 is 0 Å². The first kappa shape index (κ1) is 22.2. The molecular formula is C23H28N8O4. The normalized spacial score (nSPS) is 29.5. The minimum atomic E-state index is -0.786. The van der Waals surface area contributed by atoms with E-state index in [2.05, 4.69) is 30.6 Å². The highest BCUT2D eigenvalue weighted by Gasteiger charge is 2.56. The Morgan fingerprint density at radius 2 is 1.97 bits per heavy atom. The Morgan fingerprint density at radius 1 is 1.20 bits per heavy atom. The molecule has 184 valence electrons. The number of amides is 1. The van der Waals surface area contributed by atoms with Gasteiger partial charge in [0.15, 0.2) is 5.82 Å². The van der Waals surface area contributed by atoms with E-state index in [1.165, 1.54) is 11.0 Å². The Kier molecular flexibility index (Phi) is 5.18. The summed E-state index contributed by atoms with van der Waals surface area (Å²) in [7, 11) is 0. The third kappa shape index (κ3) is 3.54. The lowest BCUT2D eigenvalue weighted by Gasteiger charge is -2.44. The van der Waals surface area contributed by atoms with Crippen LogP contribution in [0.2, 0.25) is 0 Å². The summed E-state index contributed by atoms with van der Waals surface area (Å²) in [5, 5.41) is 30.6. The van der Waals surface area contributed by atoms with E-state index in [1.807, 2.05) is 13.0 Å². The summed E-state index contributed by atoms with van der Waals surface area (Å²) in [4.78, 5) is 29.5. The first-order chi connectivity index (χ1) is 16.9. The molecule has 2 aromatic heterocycles. The van der Waals surface area contributed by atoms with Crippen molar-refractivity contribution in [2.45, 2.75) is 64.1 Å². The molecule has 1 amide bonds. The van der Waals surface area contributed by atoms with Gasteiger partial charge in [-0.05, 0) is 68.0 Å². The van der Waals surface area contributed by atoms with E-state index >= 15 is 0 Å². The number of hydrogen-bond acceptors (Lipinski definition) is 10. The van der Waals surface area contributed by atoms with Gasteiger partial charge in [0.25, 0.3) is 0 Å². The van der Waals surface area contributed by atoms with Gasteiger partial charge in [-0.2, -0.15) is 9.78 Å². The molecule has 2 aromatic rings. The predicted molar refractivity (Wildman–Crippen MR) is 120 cm³/mol. The summed E-state index contributed by atoms with van der Waals surface area (Å²) in [6.45, 7) is 4.88. The number of tetrazole rings is 1. The Bertz CT molecular complexity index is 1200. The first-order valence-electron chi connectivity index (χ1n) is 12.1. The van der Waals surface area contributed by atoms with E-state index in [1.54, 1.807) is 11.8 Å². The lowest BCUT2D eigenvalue weighted by Crippen LogP contribution is -2.51. The molecule has 3 saturated heterocycles. The molecule has 6 rings (SSSR count). The highest BCUT2D eigenvalue weighted by Crippen LogP contribution is 2.52. The molecule has 12 nitrogen and oxygen atoms in total. The third-order valence-corrected chi connectivity index (χ3v) is 8.21. The van der Waals surface area contributed by atoms with Crippen LogP contribution in [0.4, 0.5) is 0 Å². The van der Waals surface area contributed by atoms with Crippen LogP contribution in [-0.2, 0) is 14.3 Å². The van der Waals surface area contributed by atoms with Crippen molar-refractivity contribution in [2.75, 3.05) is 19.7 Å². The number of aryl methyl sites for hydroxylation is 1. The van der Waals surface area contributed by atoms with Gasteiger partial charge >= 0.3 is 5.97 Å². The minimum absolute atomic E-state index is 0.127. The molecule has 6 heterocycles. The smallest absolute Gasteiger partial charge is 0.336 e. The molecule has 1 spiro atoms. The van der Waals surface area contributed by atoms with Gasteiger partial charge in [0, 0.05) is 25.2 Å². The van der Waals surface area contributed by atoms with Crippen LogP contribution in [0, 0.1) is 12.3 Å². The molecule has 1 N–H and O–H groups in total. The minimum Gasteiger partial charge on any atom is -0.456 e. The number of aliphatic hydroxyl groups excluding tert-OH is 1. The van der Waals surface area contributed by atoms with Crippen LogP contribution in [0.25, 0.3) is 5.82 Å². The van der Waals surface area contributed by atoms with Gasteiger partial charge in [0.1, 0.15) is 19.0 Å². The number of ether oxygens (including phenoxy) is 1. The number of carbonyl (C=O) groups is 2. The fourth-order valence-electron chi connectivity index (χ4n) is 6.38. The van der Waals surface area contributed by atoms with E-state index in [9.17, 15) is 14.7 Å². The summed E-state index contributed by atoms with van der Waals surface area (Å²) >= 11 is 0. The maximum atomic E-state index is 13.6. The summed E-state index contributed by atoms with van der Waals surface area (Å²) in [5.41, 5.74) is 2.20. The molecule has 0 saturated carbocycles. The maximum absolute atomic E-state index is 13.6. The fourth-order valence-corrected chi connectivity index (χ4v) is 6.38. The highest BCUT2D eigenvalue weighted by molar-refractivity contribution is 5.94. The number of piperidine rings is 1. The number of rotatable bonds is 5. The van der Waals surface area contributed by atoms with Crippen molar-refractivity contribution >= 4 is 11.9 Å². The number of carbonyl (C=O) groups excluding carboxylic acids is 2. The van der Waals surface area contributed by atoms with Gasteiger partial charge in [0.2, 0.25) is 5.91 Å². The van der Waals surface area contributed by atoms with Crippen molar-refractivity contribution in [3.05, 3.63) is 34.9 Å². The Labute approximate surface area is 201 Å². The SMILES string of the molecule is CC1=C(N2CCC3(C[C@H]4CC[C@H](C3)N4C[C@@H](O)c3cc(C)c(-n4cnnn4)nn3)C2=O)COC1=O. The molecule has 0 aliphatic carbocycles. The predicted octanol–water partition coefficient (Wildman–Crippen LogP) is 0.470. The average Bonchev–Trinajstić information content (AvgIpc) is 3.60. The van der Waals surface area contributed by atoms with Gasteiger partial charge in [-0.25, -0.2) is 4.79 Å². The molecule has 35 heavy (non-hydrogen) atoms. The number of cyclic esters (lactones) is 1. The van der Waals surface area contributed by atoms with Gasteiger partial charge in [0.05, 0.1) is 22.4 Å². The van der Waals surface area contributed by atoms with Gasteiger partial charge in [-0.15, -0.1) is 10.2 Å². The molecule has 2 bridgehead atoms. The number of aliphatic hydroxyl groups is 1. The molecule has 0 radical (unpaired) electrons. The van der Waals surface area contributed by atoms with E-state index in [0.29, 0.717) is 30.2 Å². The molecule has 4 aliphatic heterocycles.